The summed E-state index contributed by atoms with van der Waals surface area (Å²) in [5.41, 5.74) is 3.51. The molecule has 1 N–H and O–H groups in total. The third kappa shape index (κ3) is 5.07. The lowest BCUT2D eigenvalue weighted by Crippen LogP contribution is -2.35. The summed E-state index contributed by atoms with van der Waals surface area (Å²) in [5.74, 6) is 0.716. The first-order chi connectivity index (χ1) is 13.5. The molecule has 2 amide bonds. The van der Waals surface area contributed by atoms with Crippen LogP contribution >= 0.6 is 11.8 Å². The molecule has 1 aliphatic rings. The second kappa shape index (κ2) is 9.15. The third-order valence-electron chi connectivity index (χ3n) is 4.82. The van der Waals surface area contributed by atoms with Crippen LogP contribution in [-0.2, 0) is 16.0 Å². The van der Waals surface area contributed by atoms with Crippen LogP contribution in [0.15, 0.2) is 47.4 Å². The van der Waals surface area contributed by atoms with Crippen LogP contribution in [0.1, 0.15) is 18.4 Å². The van der Waals surface area contributed by atoms with E-state index in [0.717, 1.165) is 17.7 Å². The van der Waals surface area contributed by atoms with Gasteiger partial charge < -0.3 is 15.0 Å². The molecule has 28 heavy (non-hydrogen) atoms. The number of nitrogens with one attached hydrogen (secondary N) is 1. The first-order valence-corrected chi connectivity index (χ1v) is 10.6. The quantitative estimate of drug-likeness (QED) is 0.727. The highest BCUT2D eigenvalue weighted by Gasteiger charge is 2.23. The van der Waals surface area contributed by atoms with Crippen molar-refractivity contribution in [3.63, 3.8) is 0 Å². The minimum Gasteiger partial charge on any atom is -0.488 e. The van der Waals surface area contributed by atoms with Crippen molar-refractivity contribution in [1.82, 2.24) is 10.2 Å². The molecule has 1 unspecified atom stereocenters. The van der Waals surface area contributed by atoms with Crippen molar-refractivity contribution in [2.24, 2.45) is 0 Å². The molecule has 1 atom stereocenters. The van der Waals surface area contributed by atoms with Gasteiger partial charge in [-0.15, -0.1) is 11.8 Å². The van der Waals surface area contributed by atoms with Gasteiger partial charge in [-0.25, -0.2) is 0 Å². The molecule has 0 saturated carbocycles. The van der Waals surface area contributed by atoms with Gasteiger partial charge in [0.15, 0.2) is 0 Å². The summed E-state index contributed by atoms with van der Waals surface area (Å²) in [6.07, 6.45) is 3.19. The van der Waals surface area contributed by atoms with Gasteiger partial charge in [0.05, 0.1) is 6.54 Å². The monoisotopic (exact) mass is 398 g/mol. The van der Waals surface area contributed by atoms with E-state index in [1.807, 2.05) is 6.07 Å². The minimum atomic E-state index is -0.121. The molecular weight excluding hydrogens is 372 g/mol. The number of nitrogens with zero attached hydrogens (tertiary/aromatic N) is 1. The molecule has 3 rings (SSSR count). The van der Waals surface area contributed by atoms with Crippen molar-refractivity contribution in [3.05, 3.63) is 48.0 Å². The van der Waals surface area contributed by atoms with Gasteiger partial charge >= 0.3 is 0 Å². The molecule has 0 aliphatic carbocycles. The Hall–Kier alpha value is -2.47. The molecule has 0 saturated heterocycles. The Morgan fingerprint density at radius 2 is 1.82 bits per heavy atom. The van der Waals surface area contributed by atoms with Crippen molar-refractivity contribution in [2.45, 2.75) is 30.3 Å². The van der Waals surface area contributed by atoms with Crippen molar-refractivity contribution in [2.75, 3.05) is 26.9 Å². The fourth-order valence-electron chi connectivity index (χ4n) is 3.16. The number of carbonyl (C=O) groups excluding carboxylic acids is 2. The van der Waals surface area contributed by atoms with E-state index in [-0.39, 0.29) is 30.8 Å². The smallest absolute Gasteiger partial charge is 0.222 e. The zero-order valence-electron chi connectivity index (χ0n) is 16.5. The maximum atomic E-state index is 12.0. The molecule has 1 aliphatic heterocycles. The standard InChI is InChI=1S/C22H26N2O3S/c1-24(2)22(26)11-10-21(25)23-14-18-13-17-12-16(6-9-20(17)27-18)15-4-7-19(28-3)8-5-15/h4-9,12,18H,10-11,13-14H2,1-3H3,(H,23,25). The van der Waals surface area contributed by atoms with Gasteiger partial charge in [-0.2, -0.15) is 0 Å². The van der Waals surface area contributed by atoms with Gasteiger partial charge in [0, 0.05) is 38.3 Å². The number of amides is 2. The molecule has 1 heterocycles. The second-order valence-electron chi connectivity index (χ2n) is 7.09. The summed E-state index contributed by atoms with van der Waals surface area (Å²) in [6.45, 7) is 0.446. The van der Waals surface area contributed by atoms with E-state index in [1.54, 1.807) is 25.9 Å². The summed E-state index contributed by atoms with van der Waals surface area (Å²) in [7, 11) is 3.38. The van der Waals surface area contributed by atoms with Crippen LogP contribution in [0.5, 0.6) is 5.75 Å². The summed E-state index contributed by atoms with van der Waals surface area (Å²) in [4.78, 5) is 26.3. The van der Waals surface area contributed by atoms with E-state index in [4.69, 9.17) is 4.74 Å². The summed E-state index contributed by atoms with van der Waals surface area (Å²) < 4.78 is 5.96. The zero-order chi connectivity index (χ0) is 20.1. The van der Waals surface area contributed by atoms with Gasteiger partial charge in [-0.1, -0.05) is 18.2 Å². The maximum Gasteiger partial charge on any atom is 0.222 e. The van der Waals surface area contributed by atoms with Crippen molar-refractivity contribution in [1.29, 1.82) is 0 Å². The Morgan fingerprint density at radius 1 is 1.11 bits per heavy atom. The van der Waals surface area contributed by atoms with Gasteiger partial charge in [0.2, 0.25) is 11.8 Å². The fourth-order valence-corrected chi connectivity index (χ4v) is 3.57. The minimum absolute atomic E-state index is 0.0437. The van der Waals surface area contributed by atoms with Gasteiger partial charge in [0.25, 0.3) is 0 Å². The first-order valence-electron chi connectivity index (χ1n) is 9.37. The van der Waals surface area contributed by atoms with E-state index in [9.17, 15) is 9.59 Å². The molecule has 6 heteroatoms. The third-order valence-corrected chi connectivity index (χ3v) is 5.56. The molecule has 0 aromatic heterocycles. The topological polar surface area (TPSA) is 58.6 Å². The number of ether oxygens (including phenoxy) is 1. The van der Waals surface area contributed by atoms with Gasteiger partial charge in [0.1, 0.15) is 11.9 Å². The Labute approximate surface area is 170 Å². The van der Waals surface area contributed by atoms with Crippen LogP contribution in [0.25, 0.3) is 11.1 Å². The highest BCUT2D eigenvalue weighted by Crippen LogP contribution is 2.33. The summed E-state index contributed by atoms with van der Waals surface area (Å²) >= 11 is 1.73. The average Bonchev–Trinajstić information content (AvgIpc) is 3.12. The van der Waals surface area contributed by atoms with E-state index in [0.29, 0.717) is 6.54 Å². The Balaban J connectivity index is 1.53. The van der Waals surface area contributed by atoms with Crippen LogP contribution in [0.3, 0.4) is 0 Å². The number of carbonyl (C=O) groups is 2. The predicted molar refractivity (Wildman–Crippen MR) is 113 cm³/mol. The number of fused-ring (bicyclic) bond motifs is 1. The molecule has 2 aromatic carbocycles. The normalized spacial score (nSPS) is 14.9. The highest BCUT2D eigenvalue weighted by atomic mass is 32.2. The van der Waals surface area contributed by atoms with Crippen LogP contribution in [0.2, 0.25) is 0 Å². The van der Waals surface area contributed by atoms with Crippen LogP contribution in [0, 0.1) is 0 Å². The molecular formula is C22H26N2O3S. The molecule has 5 nitrogen and oxygen atoms in total. The lowest BCUT2D eigenvalue weighted by Gasteiger charge is -2.13. The van der Waals surface area contributed by atoms with Crippen molar-refractivity contribution in [3.8, 4) is 16.9 Å². The van der Waals surface area contributed by atoms with Crippen LogP contribution in [-0.4, -0.2) is 49.7 Å². The zero-order valence-corrected chi connectivity index (χ0v) is 17.3. The Morgan fingerprint density at radius 3 is 2.50 bits per heavy atom. The van der Waals surface area contributed by atoms with E-state index < -0.39 is 0 Å². The summed E-state index contributed by atoms with van der Waals surface area (Å²) in [6, 6.07) is 14.8. The Bertz CT molecular complexity index is 849. The van der Waals surface area contributed by atoms with E-state index >= 15 is 0 Å². The van der Waals surface area contributed by atoms with E-state index in [2.05, 4.69) is 48.0 Å². The van der Waals surface area contributed by atoms with Crippen LogP contribution in [0.4, 0.5) is 0 Å². The predicted octanol–water partition coefficient (Wildman–Crippen LogP) is 3.36. The maximum absolute atomic E-state index is 12.0. The van der Waals surface area contributed by atoms with Crippen LogP contribution < -0.4 is 10.1 Å². The first kappa shape index (κ1) is 20.3. The molecule has 0 bridgehead atoms. The molecule has 0 spiro atoms. The highest BCUT2D eigenvalue weighted by molar-refractivity contribution is 7.98. The van der Waals surface area contributed by atoms with E-state index in [1.165, 1.54) is 20.9 Å². The number of benzene rings is 2. The molecule has 0 fully saturated rings. The lowest BCUT2D eigenvalue weighted by molar-refractivity contribution is -0.131. The fraction of sp³-hybridized carbons (Fsp3) is 0.364. The van der Waals surface area contributed by atoms with Crippen molar-refractivity contribution < 1.29 is 14.3 Å². The largest absolute Gasteiger partial charge is 0.488 e. The second-order valence-corrected chi connectivity index (χ2v) is 7.97. The van der Waals surface area contributed by atoms with Gasteiger partial charge in [-0.05, 0) is 47.2 Å². The lowest BCUT2D eigenvalue weighted by atomic mass is 10.0. The number of thioether (sulfide) groups is 1. The molecule has 0 radical (unpaired) electrons. The van der Waals surface area contributed by atoms with Crippen molar-refractivity contribution >= 4 is 23.6 Å². The molecule has 148 valence electrons. The SMILES string of the molecule is CSc1ccc(-c2ccc3c(c2)CC(CNC(=O)CCC(=O)N(C)C)O3)cc1. The number of rotatable bonds is 7. The summed E-state index contributed by atoms with van der Waals surface area (Å²) in [5, 5.41) is 2.88. The number of hydrogen-bond donors (Lipinski definition) is 1. The average molecular weight is 399 g/mol. The van der Waals surface area contributed by atoms with Gasteiger partial charge in [-0.3, -0.25) is 9.59 Å². The molecule has 2 aromatic rings. The number of hydrogen-bond acceptors (Lipinski definition) is 4. The Kier molecular flexibility index (Phi) is 6.62.